The number of nitrogens with zero attached hydrogens (tertiary/aromatic N) is 1. The Morgan fingerprint density at radius 3 is 2.30 bits per heavy atom. The molecule has 1 saturated carbocycles. The lowest BCUT2D eigenvalue weighted by molar-refractivity contribution is -0.169. The van der Waals surface area contributed by atoms with E-state index in [1.54, 1.807) is 26.0 Å². The molecule has 0 aliphatic heterocycles. The molecule has 6 atom stereocenters. The molecule has 7 N–H and O–H groups in total. The Bertz CT molecular complexity index is 1180. The molecule has 176 valence electrons. The van der Waals surface area contributed by atoms with Crippen LogP contribution < -0.4 is 5.73 Å². The van der Waals surface area contributed by atoms with E-state index in [0.717, 1.165) is 0 Å². The van der Waals surface area contributed by atoms with Crippen molar-refractivity contribution in [1.82, 2.24) is 4.90 Å². The second kappa shape index (κ2) is 7.14. The van der Waals surface area contributed by atoms with Gasteiger partial charge in [-0.3, -0.25) is 19.3 Å². The molecule has 0 aromatic heterocycles. The zero-order valence-corrected chi connectivity index (χ0v) is 18.5. The van der Waals surface area contributed by atoms with E-state index in [2.05, 4.69) is 0 Å². The van der Waals surface area contributed by atoms with Gasteiger partial charge >= 0.3 is 0 Å². The zero-order valence-electron chi connectivity index (χ0n) is 18.5. The molecule has 0 spiro atoms. The summed E-state index contributed by atoms with van der Waals surface area (Å²) < 4.78 is 0. The van der Waals surface area contributed by atoms with Crippen LogP contribution in [0.2, 0.25) is 0 Å². The number of phenolic OH excluding ortho intramolecular Hbond substituents is 1. The van der Waals surface area contributed by atoms with Gasteiger partial charge in [0.05, 0.1) is 23.6 Å². The number of rotatable bonds is 2. The predicted molar refractivity (Wildman–Crippen MR) is 115 cm³/mol. The van der Waals surface area contributed by atoms with Crippen molar-refractivity contribution in [3.63, 3.8) is 0 Å². The van der Waals surface area contributed by atoms with E-state index in [-0.39, 0.29) is 11.3 Å². The van der Waals surface area contributed by atoms with Crippen LogP contribution in [0.4, 0.5) is 0 Å². The molecule has 10 heteroatoms. The Balaban J connectivity index is 2.07. The fraction of sp³-hybridized carbons (Fsp3) is 0.435. The van der Waals surface area contributed by atoms with Crippen LogP contribution in [0.5, 0.6) is 5.75 Å². The third kappa shape index (κ3) is 2.68. The molecule has 1 fully saturated rings. The van der Waals surface area contributed by atoms with Crippen LogP contribution in [-0.4, -0.2) is 79.7 Å². The van der Waals surface area contributed by atoms with E-state index in [0.29, 0.717) is 11.1 Å². The molecule has 0 saturated heterocycles. The van der Waals surface area contributed by atoms with E-state index >= 15 is 0 Å². The first-order valence-electron chi connectivity index (χ1n) is 10.4. The number of phenols is 1. The number of aromatic hydroxyl groups is 1. The summed E-state index contributed by atoms with van der Waals surface area (Å²) in [5.74, 6) is -8.82. The molecule has 1 amide bonds. The number of benzene rings is 1. The Kier molecular flexibility index (Phi) is 4.97. The molecule has 1 aromatic carbocycles. The highest BCUT2D eigenvalue weighted by Gasteiger charge is 2.68. The largest absolute Gasteiger partial charge is 0.508 e. The van der Waals surface area contributed by atoms with Gasteiger partial charge in [-0.25, -0.2) is 0 Å². The highest BCUT2D eigenvalue weighted by atomic mass is 16.4. The highest BCUT2D eigenvalue weighted by molar-refractivity contribution is 6.24. The number of hydrogen-bond donors (Lipinski definition) is 6. The van der Waals surface area contributed by atoms with E-state index < -0.39 is 75.6 Å². The summed E-state index contributed by atoms with van der Waals surface area (Å²) in [5, 5.41) is 55.5. The maximum atomic E-state index is 13.7. The molecule has 10 nitrogen and oxygen atoms in total. The van der Waals surface area contributed by atoms with Crippen LogP contribution >= 0.6 is 0 Å². The van der Waals surface area contributed by atoms with E-state index in [1.807, 2.05) is 0 Å². The Labute approximate surface area is 189 Å². The number of carbonyl (C=O) groups is 3. The first-order chi connectivity index (χ1) is 15.3. The average Bonchev–Trinajstić information content (AvgIpc) is 2.72. The van der Waals surface area contributed by atoms with Crippen LogP contribution in [0.3, 0.4) is 0 Å². The molecular weight excluding hydrogens is 432 g/mol. The number of hydrogen-bond acceptors (Lipinski definition) is 9. The maximum Gasteiger partial charge on any atom is 0.255 e. The number of fused-ring (bicyclic) bond motifs is 3. The quantitative estimate of drug-likeness (QED) is 0.327. The second-order valence-electron chi connectivity index (χ2n) is 9.24. The van der Waals surface area contributed by atoms with Crippen LogP contribution in [0.15, 0.2) is 29.0 Å². The van der Waals surface area contributed by atoms with E-state index in [1.165, 1.54) is 19.0 Å². The summed E-state index contributed by atoms with van der Waals surface area (Å²) in [6.45, 7) is 3.29. The Hall–Kier alpha value is -3.21. The van der Waals surface area contributed by atoms with Gasteiger partial charge in [0, 0.05) is 11.5 Å². The van der Waals surface area contributed by atoms with Crippen molar-refractivity contribution in [3.05, 3.63) is 45.7 Å². The lowest BCUT2D eigenvalue weighted by Gasteiger charge is -2.53. The van der Waals surface area contributed by atoms with Crippen molar-refractivity contribution in [1.29, 1.82) is 0 Å². The molecule has 0 heterocycles. The third-order valence-corrected chi connectivity index (χ3v) is 7.33. The second-order valence-corrected chi connectivity index (χ2v) is 9.24. The van der Waals surface area contributed by atoms with Gasteiger partial charge in [0.1, 0.15) is 22.8 Å². The molecule has 33 heavy (non-hydrogen) atoms. The van der Waals surface area contributed by atoms with Crippen LogP contribution in [0, 0.1) is 18.8 Å². The predicted octanol–water partition coefficient (Wildman–Crippen LogP) is -0.196. The molecule has 3 aliphatic carbocycles. The average molecular weight is 458 g/mol. The van der Waals surface area contributed by atoms with Gasteiger partial charge < -0.3 is 31.3 Å². The number of ketones is 2. The molecule has 0 radical (unpaired) electrons. The van der Waals surface area contributed by atoms with Gasteiger partial charge in [-0.15, -0.1) is 0 Å². The summed E-state index contributed by atoms with van der Waals surface area (Å²) in [7, 11) is 2.93. The zero-order chi connectivity index (χ0) is 24.7. The fourth-order valence-corrected chi connectivity index (χ4v) is 5.72. The number of amides is 1. The minimum Gasteiger partial charge on any atom is -0.508 e. The van der Waals surface area contributed by atoms with E-state index in [4.69, 9.17) is 5.73 Å². The number of Topliss-reactive ketones (excluding diaryl/α,β-unsaturated/α-hetero) is 2. The lowest BCUT2D eigenvalue weighted by Crippen LogP contribution is -2.70. The van der Waals surface area contributed by atoms with Gasteiger partial charge in [0.15, 0.2) is 11.4 Å². The molecule has 1 aromatic rings. The van der Waals surface area contributed by atoms with Gasteiger partial charge in [0.2, 0.25) is 5.78 Å². The molecule has 3 aliphatic rings. The van der Waals surface area contributed by atoms with Crippen molar-refractivity contribution in [2.24, 2.45) is 17.6 Å². The minimum absolute atomic E-state index is 0.00834. The topological polar surface area (TPSA) is 182 Å². The van der Waals surface area contributed by atoms with Gasteiger partial charge in [-0.1, -0.05) is 19.1 Å². The standard InChI is InChI=1S/C23H26N2O8/c1-7-5-6-9-8(2)10-12(17(27)11(9)16(7)26)20(30)23(33)14(18(10)28)15(25(3)4)19(29)13(21(23)31)22(24)32/h5-6,8,10,14-15,18,26-28,31,33H,1-4H3,(H2,24,32)/t8-,10+,14+,15?,18-,23-/m0/s1. The summed E-state index contributed by atoms with van der Waals surface area (Å²) in [4.78, 5) is 40.1. The molecular formula is C23H26N2O8. The monoisotopic (exact) mass is 458 g/mol. The number of aliphatic hydroxyl groups excluding tert-OH is 3. The lowest BCUT2D eigenvalue weighted by atomic mass is 9.54. The first kappa shape index (κ1) is 23.0. The third-order valence-electron chi connectivity index (χ3n) is 7.33. The summed E-state index contributed by atoms with van der Waals surface area (Å²) in [6, 6.07) is 1.94. The van der Waals surface area contributed by atoms with Crippen LogP contribution in [-0.2, 0) is 14.4 Å². The first-order valence-corrected chi connectivity index (χ1v) is 10.4. The van der Waals surface area contributed by atoms with Gasteiger partial charge in [0.25, 0.3) is 5.91 Å². The highest BCUT2D eigenvalue weighted by Crippen LogP contribution is 2.56. The number of carbonyl (C=O) groups excluding carboxylic acids is 3. The Morgan fingerprint density at radius 2 is 1.76 bits per heavy atom. The molecule has 4 rings (SSSR count). The van der Waals surface area contributed by atoms with Crippen molar-refractivity contribution in [2.45, 2.75) is 37.5 Å². The number of aryl methyl sites for hydroxylation is 1. The number of nitrogens with two attached hydrogens (primary N) is 1. The smallest absolute Gasteiger partial charge is 0.255 e. The summed E-state index contributed by atoms with van der Waals surface area (Å²) >= 11 is 0. The SMILES string of the molecule is Cc1ccc2c(c1O)C(O)=C1C(=O)[C@]3(O)C(O)=C(C(N)=O)C(=O)C(N(C)C)[C@@H]3[C@@H](O)[C@@H]1[C@H]2C. The normalized spacial score (nSPS) is 33.7. The molecule has 1 unspecified atom stereocenters. The molecule has 0 bridgehead atoms. The Morgan fingerprint density at radius 1 is 1.15 bits per heavy atom. The summed E-state index contributed by atoms with van der Waals surface area (Å²) in [5.41, 5.74) is 1.94. The van der Waals surface area contributed by atoms with Crippen molar-refractivity contribution < 1.29 is 39.9 Å². The van der Waals surface area contributed by atoms with Crippen molar-refractivity contribution in [2.75, 3.05) is 14.1 Å². The number of aliphatic hydroxyl groups is 4. The van der Waals surface area contributed by atoms with Crippen molar-refractivity contribution >= 4 is 23.2 Å². The fourth-order valence-electron chi connectivity index (χ4n) is 5.72. The van der Waals surface area contributed by atoms with Gasteiger partial charge in [-0.2, -0.15) is 0 Å². The number of likely N-dealkylation sites (N-methyl/N-ethyl adjacent to an activating group) is 1. The van der Waals surface area contributed by atoms with Crippen LogP contribution in [0.25, 0.3) is 5.76 Å². The van der Waals surface area contributed by atoms with Gasteiger partial charge in [-0.05, 0) is 38.1 Å². The maximum absolute atomic E-state index is 13.7. The van der Waals surface area contributed by atoms with Crippen LogP contribution in [0.1, 0.15) is 29.5 Å². The minimum atomic E-state index is -2.90. The number of primary amides is 1. The van der Waals surface area contributed by atoms with Crippen molar-refractivity contribution in [3.8, 4) is 5.75 Å². The van der Waals surface area contributed by atoms with E-state index in [9.17, 15) is 39.9 Å². The summed E-state index contributed by atoms with van der Waals surface area (Å²) in [6.07, 6.45) is -1.59.